The molecule has 1 fully saturated rings. The van der Waals surface area contributed by atoms with Gasteiger partial charge < -0.3 is 14.2 Å². The highest BCUT2D eigenvalue weighted by molar-refractivity contribution is 9.10. The zero-order valence-corrected chi connectivity index (χ0v) is 13.3. The molecule has 1 unspecified atom stereocenters. The number of ether oxygens (including phenoxy) is 1. The Kier molecular flexibility index (Phi) is 4.68. The van der Waals surface area contributed by atoms with Crippen molar-refractivity contribution in [2.24, 2.45) is 0 Å². The van der Waals surface area contributed by atoms with Crippen LogP contribution in [0.4, 0.5) is 0 Å². The van der Waals surface area contributed by atoms with Crippen LogP contribution in [0.25, 0.3) is 0 Å². The summed E-state index contributed by atoms with van der Waals surface area (Å²) in [6.07, 6.45) is 2.98. The molecular weight excluding hydrogens is 308 g/mol. The molecule has 1 saturated heterocycles. The summed E-state index contributed by atoms with van der Waals surface area (Å²) >= 11 is 3.45. The predicted octanol–water partition coefficient (Wildman–Crippen LogP) is 3.08. The van der Waals surface area contributed by atoms with Gasteiger partial charge in [-0.1, -0.05) is 0 Å². The van der Waals surface area contributed by atoms with Crippen LogP contribution in [-0.2, 0) is 4.74 Å². The van der Waals surface area contributed by atoms with E-state index in [1.54, 1.807) is 0 Å². The molecule has 1 amide bonds. The summed E-state index contributed by atoms with van der Waals surface area (Å²) in [5.74, 6) is 0.0942. The van der Waals surface area contributed by atoms with Crippen molar-refractivity contribution in [1.29, 1.82) is 0 Å². The number of aromatic nitrogens is 1. The quantitative estimate of drug-likeness (QED) is 0.836. The summed E-state index contributed by atoms with van der Waals surface area (Å²) in [5.41, 5.74) is 0.746. The number of hydrogen-bond donors (Lipinski definition) is 0. The van der Waals surface area contributed by atoms with Gasteiger partial charge in [-0.2, -0.15) is 0 Å². The number of nitrogens with zero attached hydrogens (tertiary/aromatic N) is 2. The maximum Gasteiger partial charge on any atom is 0.270 e. The van der Waals surface area contributed by atoms with Crippen molar-refractivity contribution in [2.45, 2.75) is 39.3 Å². The van der Waals surface area contributed by atoms with Gasteiger partial charge >= 0.3 is 0 Å². The molecule has 5 heteroatoms. The second kappa shape index (κ2) is 6.09. The Bertz CT molecular complexity index is 456. The van der Waals surface area contributed by atoms with Gasteiger partial charge in [0.25, 0.3) is 5.91 Å². The first-order chi connectivity index (χ1) is 8.99. The molecule has 0 spiro atoms. The monoisotopic (exact) mass is 328 g/mol. The summed E-state index contributed by atoms with van der Waals surface area (Å²) in [7, 11) is 0. The van der Waals surface area contributed by atoms with Crippen LogP contribution in [0.1, 0.15) is 43.7 Å². The third-order valence-electron chi connectivity index (χ3n) is 3.33. The van der Waals surface area contributed by atoms with Gasteiger partial charge in [0.05, 0.1) is 6.10 Å². The molecule has 1 aliphatic heterocycles. The fourth-order valence-electron chi connectivity index (χ4n) is 2.38. The number of carbonyl (C=O) groups excluding carboxylic acids is 1. The van der Waals surface area contributed by atoms with Crippen molar-refractivity contribution in [3.8, 4) is 0 Å². The first-order valence-electron chi connectivity index (χ1n) is 6.77. The fourth-order valence-corrected chi connectivity index (χ4v) is 2.82. The second-order valence-electron chi connectivity index (χ2n) is 5.33. The highest BCUT2D eigenvalue weighted by Crippen LogP contribution is 2.21. The normalized spacial score (nSPS) is 20.7. The molecule has 1 atom stereocenters. The van der Waals surface area contributed by atoms with E-state index in [1.807, 2.05) is 28.7 Å². The van der Waals surface area contributed by atoms with E-state index in [2.05, 4.69) is 29.8 Å². The molecule has 4 nitrogen and oxygen atoms in total. The summed E-state index contributed by atoms with van der Waals surface area (Å²) in [4.78, 5) is 14.6. The van der Waals surface area contributed by atoms with Gasteiger partial charge in [0.15, 0.2) is 0 Å². The van der Waals surface area contributed by atoms with Gasteiger partial charge in [0.2, 0.25) is 0 Å². The molecule has 0 aromatic carbocycles. The SMILES string of the molecule is CC1CN(C(=O)c2cc(Br)cn2C(C)C)CCCO1. The average molecular weight is 329 g/mol. The van der Waals surface area contributed by atoms with Crippen LogP contribution >= 0.6 is 15.9 Å². The zero-order valence-electron chi connectivity index (χ0n) is 11.7. The lowest BCUT2D eigenvalue weighted by atomic mass is 10.2. The van der Waals surface area contributed by atoms with Crippen LogP contribution in [0.15, 0.2) is 16.7 Å². The maximum absolute atomic E-state index is 12.7. The Morgan fingerprint density at radius 1 is 1.53 bits per heavy atom. The van der Waals surface area contributed by atoms with Crippen LogP contribution in [0.3, 0.4) is 0 Å². The Morgan fingerprint density at radius 3 is 2.95 bits per heavy atom. The number of hydrogen-bond acceptors (Lipinski definition) is 2. The Balaban J connectivity index is 2.23. The van der Waals surface area contributed by atoms with Crippen molar-refractivity contribution in [1.82, 2.24) is 9.47 Å². The van der Waals surface area contributed by atoms with E-state index in [9.17, 15) is 4.79 Å². The van der Waals surface area contributed by atoms with Gasteiger partial charge in [-0.15, -0.1) is 0 Å². The molecule has 0 aliphatic carbocycles. The second-order valence-corrected chi connectivity index (χ2v) is 6.25. The molecule has 1 aliphatic rings. The molecule has 0 saturated carbocycles. The third-order valence-corrected chi connectivity index (χ3v) is 3.76. The van der Waals surface area contributed by atoms with Gasteiger partial charge in [0, 0.05) is 36.4 Å². The topological polar surface area (TPSA) is 34.5 Å². The van der Waals surface area contributed by atoms with Gasteiger partial charge in [-0.25, -0.2) is 0 Å². The van der Waals surface area contributed by atoms with Gasteiger partial charge in [-0.3, -0.25) is 4.79 Å². The standard InChI is InChI=1S/C14H21BrN2O2/c1-10(2)17-9-12(15)7-13(17)14(18)16-5-4-6-19-11(3)8-16/h7,9-11H,4-6,8H2,1-3H3. The van der Waals surface area contributed by atoms with Crippen molar-refractivity contribution < 1.29 is 9.53 Å². The van der Waals surface area contributed by atoms with Crippen molar-refractivity contribution in [3.63, 3.8) is 0 Å². The summed E-state index contributed by atoms with van der Waals surface area (Å²) in [6, 6.07) is 2.17. The first-order valence-corrected chi connectivity index (χ1v) is 7.56. The maximum atomic E-state index is 12.7. The number of rotatable bonds is 2. The molecule has 1 aromatic heterocycles. The highest BCUT2D eigenvalue weighted by Gasteiger charge is 2.24. The number of amides is 1. The number of halogens is 1. The van der Waals surface area contributed by atoms with Crippen LogP contribution in [-0.4, -0.2) is 41.2 Å². The smallest absolute Gasteiger partial charge is 0.270 e. The van der Waals surface area contributed by atoms with Crippen LogP contribution in [0.2, 0.25) is 0 Å². The lowest BCUT2D eigenvalue weighted by Gasteiger charge is -2.23. The predicted molar refractivity (Wildman–Crippen MR) is 78.5 cm³/mol. The van der Waals surface area contributed by atoms with E-state index in [1.165, 1.54) is 0 Å². The third kappa shape index (κ3) is 3.39. The van der Waals surface area contributed by atoms with Crippen molar-refractivity contribution in [3.05, 3.63) is 22.4 Å². The molecule has 2 heterocycles. The lowest BCUT2D eigenvalue weighted by Crippen LogP contribution is -2.37. The van der Waals surface area contributed by atoms with E-state index in [0.717, 1.165) is 29.7 Å². The van der Waals surface area contributed by atoms with Crippen LogP contribution in [0, 0.1) is 0 Å². The molecular formula is C14H21BrN2O2. The van der Waals surface area contributed by atoms with Crippen molar-refractivity contribution in [2.75, 3.05) is 19.7 Å². The molecule has 106 valence electrons. The Labute approximate surface area is 122 Å². The van der Waals surface area contributed by atoms with Crippen molar-refractivity contribution >= 4 is 21.8 Å². The highest BCUT2D eigenvalue weighted by atomic mass is 79.9. The lowest BCUT2D eigenvalue weighted by molar-refractivity contribution is 0.0556. The Hall–Kier alpha value is -0.810. The molecule has 2 rings (SSSR count). The molecule has 0 bridgehead atoms. The molecule has 0 N–H and O–H groups in total. The minimum atomic E-state index is 0.0942. The van der Waals surface area contributed by atoms with Crippen LogP contribution in [0.5, 0.6) is 0 Å². The van der Waals surface area contributed by atoms with E-state index >= 15 is 0 Å². The van der Waals surface area contributed by atoms with Gasteiger partial charge in [-0.05, 0) is 49.2 Å². The van der Waals surface area contributed by atoms with E-state index in [-0.39, 0.29) is 18.1 Å². The average Bonchev–Trinajstić information content (AvgIpc) is 2.61. The Morgan fingerprint density at radius 2 is 2.26 bits per heavy atom. The summed E-state index contributed by atoms with van der Waals surface area (Å²) < 4.78 is 8.56. The minimum Gasteiger partial charge on any atom is -0.377 e. The largest absolute Gasteiger partial charge is 0.377 e. The fraction of sp³-hybridized carbons (Fsp3) is 0.643. The zero-order chi connectivity index (χ0) is 14.0. The molecule has 19 heavy (non-hydrogen) atoms. The van der Waals surface area contributed by atoms with Gasteiger partial charge in [0.1, 0.15) is 5.69 Å². The first kappa shape index (κ1) is 14.6. The number of carbonyl (C=O) groups is 1. The molecule has 0 radical (unpaired) electrons. The van der Waals surface area contributed by atoms with E-state index in [0.29, 0.717) is 6.54 Å². The summed E-state index contributed by atoms with van der Waals surface area (Å²) in [6.45, 7) is 8.35. The summed E-state index contributed by atoms with van der Waals surface area (Å²) in [5, 5.41) is 0. The van der Waals surface area contributed by atoms with E-state index in [4.69, 9.17) is 4.74 Å². The molecule has 1 aromatic rings. The minimum absolute atomic E-state index is 0.0942. The van der Waals surface area contributed by atoms with Crippen LogP contribution < -0.4 is 0 Å². The van der Waals surface area contributed by atoms with E-state index < -0.39 is 0 Å².